The topological polar surface area (TPSA) is 179 Å². The number of nitrogens with zero attached hydrogens (tertiary/aromatic N) is 4. The van der Waals surface area contributed by atoms with Crippen LogP contribution in [0.5, 0.6) is 0 Å². The van der Waals surface area contributed by atoms with Crippen molar-refractivity contribution in [3.63, 3.8) is 0 Å². The predicted molar refractivity (Wildman–Crippen MR) is 127 cm³/mol. The summed E-state index contributed by atoms with van der Waals surface area (Å²) in [5.74, 6) is 0.146. The molecule has 14 nitrogen and oxygen atoms in total. The number of amides is 1. The number of anilines is 1. The van der Waals surface area contributed by atoms with Crippen LogP contribution in [-0.2, 0) is 33.4 Å². The Morgan fingerprint density at radius 3 is 2.54 bits per heavy atom. The Morgan fingerprint density at radius 2 is 1.84 bits per heavy atom. The lowest BCUT2D eigenvalue weighted by Gasteiger charge is -2.21. The number of benzene rings is 1. The van der Waals surface area contributed by atoms with Crippen LogP contribution in [0.3, 0.4) is 0 Å². The molecule has 2 aliphatic rings. The molecule has 0 bridgehead atoms. The first kappa shape index (κ1) is 25.4. The molecule has 3 aromatic rings. The van der Waals surface area contributed by atoms with Crippen molar-refractivity contribution in [1.29, 1.82) is 0 Å². The highest BCUT2D eigenvalue weighted by molar-refractivity contribution is 7.84. The number of fused-ring (bicyclic) bond motifs is 2. The number of carbonyl (C=O) groups excluding carboxylic acids is 1. The maximum atomic E-state index is 12.3. The van der Waals surface area contributed by atoms with Crippen molar-refractivity contribution in [3.05, 3.63) is 48.5 Å². The first-order chi connectivity index (χ1) is 17.5. The third-order valence-electron chi connectivity index (χ3n) is 5.57. The average molecular weight is 535 g/mol. The minimum atomic E-state index is -4.21. The maximum absolute atomic E-state index is 12.3. The molecular weight excluding hydrogens is 508 g/mol. The van der Waals surface area contributed by atoms with Crippen molar-refractivity contribution in [2.24, 2.45) is 5.14 Å². The molecule has 2 saturated heterocycles. The van der Waals surface area contributed by atoms with Gasteiger partial charge in [0.25, 0.3) is 0 Å². The Hall–Kier alpha value is -3.21. The zero-order valence-electron chi connectivity index (χ0n) is 20.2. The van der Waals surface area contributed by atoms with Gasteiger partial charge in [0.2, 0.25) is 0 Å². The standard InChI is InChI=1S/C22H26N6O8S/c1-22(2,3)36-21(29)27-17-14-18(25-10-24-17)28(11-26-14)19-16-15(13(33-19)9-32-37(23,30)31)34-20(35-16)12-7-5-4-6-8-12/h4-8,10-11,13,15-16,19-20H,9H2,1-3H3,(H2,23,30,31)(H,24,25,27,29). The maximum Gasteiger partial charge on any atom is 0.413 e. The number of rotatable bonds is 6. The number of hydrogen-bond acceptors (Lipinski definition) is 11. The molecule has 4 heterocycles. The van der Waals surface area contributed by atoms with Crippen molar-refractivity contribution in [2.45, 2.75) is 57.2 Å². The van der Waals surface area contributed by atoms with Gasteiger partial charge in [0.05, 0.1) is 12.9 Å². The fourth-order valence-corrected chi connectivity index (χ4v) is 4.48. The van der Waals surface area contributed by atoms with Crippen LogP contribution in [0.15, 0.2) is 43.0 Å². The minimum absolute atomic E-state index is 0.146. The molecule has 0 spiro atoms. The van der Waals surface area contributed by atoms with Gasteiger partial charge in [-0.05, 0) is 20.8 Å². The summed E-state index contributed by atoms with van der Waals surface area (Å²) in [5.41, 5.74) is 0.704. The number of nitrogens with two attached hydrogens (primary N) is 1. The van der Waals surface area contributed by atoms with E-state index in [-0.39, 0.29) is 17.9 Å². The van der Waals surface area contributed by atoms with Crippen LogP contribution in [-0.4, -0.2) is 64.5 Å². The normalized spacial score (nSPS) is 25.8. The lowest BCUT2D eigenvalue weighted by atomic mass is 10.1. The Balaban J connectivity index is 1.44. The van der Waals surface area contributed by atoms with E-state index in [0.29, 0.717) is 5.65 Å². The van der Waals surface area contributed by atoms with Crippen LogP contribution < -0.4 is 10.5 Å². The largest absolute Gasteiger partial charge is 0.444 e. The molecule has 0 saturated carbocycles. The summed E-state index contributed by atoms with van der Waals surface area (Å²) in [5, 5.41) is 7.59. The predicted octanol–water partition coefficient (Wildman–Crippen LogP) is 1.77. The highest BCUT2D eigenvalue weighted by atomic mass is 32.2. The van der Waals surface area contributed by atoms with E-state index in [1.165, 1.54) is 12.7 Å². The van der Waals surface area contributed by atoms with Crippen molar-refractivity contribution in [3.8, 4) is 0 Å². The van der Waals surface area contributed by atoms with Crippen LogP contribution in [0, 0.1) is 0 Å². The molecule has 15 heteroatoms. The zero-order valence-corrected chi connectivity index (χ0v) is 21.0. The van der Waals surface area contributed by atoms with Gasteiger partial charge in [0.1, 0.15) is 30.2 Å². The SMILES string of the molecule is CC(C)(C)OC(=O)Nc1ncnc2c1ncn2C1OC(COS(N)(=O)=O)C2OC(c3ccccc3)OC21. The fraction of sp³-hybridized carbons (Fsp3) is 0.455. The molecular formula is C22H26N6O8S. The Kier molecular flexibility index (Phi) is 6.59. The van der Waals surface area contributed by atoms with Crippen LogP contribution >= 0.6 is 0 Å². The second-order valence-corrected chi connectivity index (χ2v) is 10.7. The Bertz CT molecular complexity index is 1390. The quantitative estimate of drug-likeness (QED) is 0.471. The molecule has 5 unspecified atom stereocenters. The minimum Gasteiger partial charge on any atom is -0.444 e. The smallest absolute Gasteiger partial charge is 0.413 e. The summed E-state index contributed by atoms with van der Waals surface area (Å²) in [6.45, 7) is 4.85. The van der Waals surface area contributed by atoms with Gasteiger partial charge < -0.3 is 18.9 Å². The van der Waals surface area contributed by atoms with Gasteiger partial charge in [-0.1, -0.05) is 30.3 Å². The van der Waals surface area contributed by atoms with Gasteiger partial charge in [-0.3, -0.25) is 14.1 Å². The number of aromatic nitrogens is 4. The first-order valence-corrected chi connectivity index (χ1v) is 12.8. The highest BCUT2D eigenvalue weighted by Gasteiger charge is 2.54. The molecule has 0 aliphatic carbocycles. The summed E-state index contributed by atoms with van der Waals surface area (Å²) in [7, 11) is -4.21. The van der Waals surface area contributed by atoms with Gasteiger partial charge >= 0.3 is 16.4 Å². The van der Waals surface area contributed by atoms with Crippen molar-refractivity contribution < 1.29 is 36.3 Å². The number of carbonyl (C=O) groups is 1. The second-order valence-electron chi connectivity index (χ2n) is 9.46. The Morgan fingerprint density at radius 1 is 1.11 bits per heavy atom. The molecule has 1 amide bonds. The van der Waals surface area contributed by atoms with Gasteiger partial charge in [-0.15, -0.1) is 0 Å². The molecule has 2 aliphatic heterocycles. The molecule has 37 heavy (non-hydrogen) atoms. The molecule has 198 valence electrons. The van der Waals surface area contributed by atoms with Crippen molar-refractivity contribution >= 4 is 33.4 Å². The molecule has 1 aromatic carbocycles. The molecule has 0 radical (unpaired) electrons. The van der Waals surface area contributed by atoms with E-state index < -0.39 is 52.8 Å². The van der Waals surface area contributed by atoms with E-state index >= 15 is 0 Å². The zero-order chi connectivity index (χ0) is 26.4. The Labute approximate surface area is 212 Å². The summed E-state index contributed by atoms with van der Waals surface area (Å²) in [6.07, 6.45) is -1.69. The molecule has 5 rings (SSSR count). The van der Waals surface area contributed by atoms with Crippen molar-refractivity contribution in [2.75, 3.05) is 11.9 Å². The molecule has 3 N–H and O–H groups in total. The first-order valence-electron chi connectivity index (χ1n) is 11.3. The van der Waals surface area contributed by atoms with Gasteiger partial charge in [0.15, 0.2) is 29.5 Å². The summed E-state index contributed by atoms with van der Waals surface area (Å²) in [4.78, 5) is 25.1. The van der Waals surface area contributed by atoms with E-state index in [0.717, 1.165) is 5.56 Å². The monoisotopic (exact) mass is 534 g/mol. The fourth-order valence-electron chi connectivity index (χ4n) is 4.15. The summed E-state index contributed by atoms with van der Waals surface area (Å²) >= 11 is 0. The van der Waals surface area contributed by atoms with Gasteiger partial charge in [-0.25, -0.2) is 24.9 Å². The molecule has 5 atom stereocenters. The average Bonchev–Trinajstić information content (AvgIpc) is 3.51. The lowest BCUT2D eigenvalue weighted by molar-refractivity contribution is -0.151. The summed E-state index contributed by atoms with van der Waals surface area (Å²) in [6, 6.07) is 9.28. The van der Waals surface area contributed by atoms with Gasteiger partial charge in [-0.2, -0.15) is 8.42 Å². The van der Waals surface area contributed by atoms with E-state index in [9.17, 15) is 13.2 Å². The van der Waals surface area contributed by atoms with E-state index in [4.69, 9.17) is 28.3 Å². The molecule has 2 aromatic heterocycles. The number of hydrogen-bond donors (Lipinski definition) is 2. The van der Waals surface area contributed by atoms with Crippen molar-refractivity contribution in [1.82, 2.24) is 19.5 Å². The van der Waals surface area contributed by atoms with Crippen LogP contribution in [0.4, 0.5) is 10.6 Å². The third kappa shape index (κ3) is 5.56. The number of ether oxygens (including phenoxy) is 4. The van der Waals surface area contributed by atoms with E-state index in [1.807, 2.05) is 30.3 Å². The molecule has 2 fully saturated rings. The van der Waals surface area contributed by atoms with Crippen LogP contribution in [0.1, 0.15) is 38.9 Å². The van der Waals surface area contributed by atoms with E-state index in [1.54, 1.807) is 25.3 Å². The highest BCUT2D eigenvalue weighted by Crippen LogP contribution is 2.45. The van der Waals surface area contributed by atoms with Crippen LogP contribution in [0.25, 0.3) is 11.2 Å². The third-order valence-corrected chi connectivity index (χ3v) is 6.03. The van der Waals surface area contributed by atoms with Gasteiger partial charge in [0, 0.05) is 5.56 Å². The van der Waals surface area contributed by atoms with Crippen LogP contribution in [0.2, 0.25) is 0 Å². The lowest BCUT2D eigenvalue weighted by Crippen LogP contribution is -2.33. The summed E-state index contributed by atoms with van der Waals surface area (Å²) < 4.78 is 52.9. The second kappa shape index (κ2) is 9.59. The van der Waals surface area contributed by atoms with E-state index in [2.05, 4.69) is 20.3 Å². The number of imidazole rings is 1. The number of nitrogens with one attached hydrogen (secondary N) is 1.